The zero-order valence-electron chi connectivity index (χ0n) is 14.7. The predicted molar refractivity (Wildman–Crippen MR) is 104 cm³/mol. The van der Waals surface area contributed by atoms with Gasteiger partial charge in [0.2, 0.25) is 15.0 Å². The Morgan fingerprint density at radius 1 is 1.26 bits per heavy atom. The van der Waals surface area contributed by atoms with Gasteiger partial charge in [0.15, 0.2) is 10.8 Å². The van der Waals surface area contributed by atoms with Crippen molar-refractivity contribution in [2.24, 2.45) is 0 Å². The fourth-order valence-electron chi connectivity index (χ4n) is 3.64. The number of sulfonamides is 1. The van der Waals surface area contributed by atoms with Crippen LogP contribution in [0.15, 0.2) is 30.3 Å². The topological polar surface area (TPSA) is 96.2 Å². The highest BCUT2D eigenvalue weighted by Crippen LogP contribution is 2.31. The van der Waals surface area contributed by atoms with Crippen LogP contribution in [0.3, 0.4) is 0 Å². The zero-order valence-corrected chi connectivity index (χ0v) is 16.3. The molecule has 5 rings (SSSR count). The molecule has 140 valence electrons. The number of aromatic amines is 1. The Morgan fingerprint density at radius 2 is 2.11 bits per heavy atom. The van der Waals surface area contributed by atoms with E-state index in [2.05, 4.69) is 27.3 Å². The Hall–Kier alpha value is -2.30. The minimum Gasteiger partial charge on any atom is -0.353 e. The first-order chi connectivity index (χ1) is 13.0. The summed E-state index contributed by atoms with van der Waals surface area (Å²) >= 11 is 1.47. The van der Waals surface area contributed by atoms with Crippen LogP contribution in [0.1, 0.15) is 24.6 Å². The lowest BCUT2D eigenvalue weighted by atomic mass is 9.99. The molecular formula is C17H18N6O2S2. The van der Waals surface area contributed by atoms with Crippen molar-refractivity contribution in [3.8, 4) is 10.7 Å². The molecule has 0 spiro atoms. The van der Waals surface area contributed by atoms with Gasteiger partial charge in [-0.1, -0.05) is 29.5 Å². The minimum absolute atomic E-state index is 0.00105. The number of piperidine rings is 1. The van der Waals surface area contributed by atoms with Gasteiger partial charge < -0.3 is 4.98 Å². The summed E-state index contributed by atoms with van der Waals surface area (Å²) in [4.78, 5) is 4.11. The fraction of sp³-hybridized carbons (Fsp3) is 0.353. The average molecular weight is 403 g/mol. The zero-order chi connectivity index (χ0) is 18.6. The van der Waals surface area contributed by atoms with Crippen LogP contribution < -0.4 is 0 Å². The fourth-order valence-corrected chi connectivity index (χ4v) is 5.37. The number of hydrogen-bond acceptors (Lipinski definition) is 6. The third-order valence-electron chi connectivity index (χ3n) is 4.99. The van der Waals surface area contributed by atoms with Gasteiger partial charge in [0.25, 0.3) is 0 Å². The first-order valence-corrected chi connectivity index (χ1v) is 11.4. The van der Waals surface area contributed by atoms with Gasteiger partial charge >= 0.3 is 0 Å². The van der Waals surface area contributed by atoms with Crippen molar-refractivity contribution in [2.75, 3.05) is 19.3 Å². The smallest absolute Gasteiger partial charge is 0.235 e. The lowest BCUT2D eigenvalue weighted by molar-refractivity contribution is 0.309. The molecule has 1 aromatic carbocycles. The second kappa shape index (κ2) is 6.11. The number of nitrogens with zero attached hydrogens (tertiary/aromatic N) is 5. The number of rotatable bonds is 3. The number of fused-ring (bicyclic) bond motifs is 2. The molecule has 27 heavy (non-hydrogen) atoms. The molecule has 0 aliphatic carbocycles. The average Bonchev–Trinajstić information content (AvgIpc) is 3.34. The SMILES string of the molecule is CS(=O)(=O)N1CCCC(c2nnc3sc(-c4cc5ccccc5[nH]4)nn23)C1. The predicted octanol–water partition coefficient (Wildman–Crippen LogP) is 2.47. The van der Waals surface area contributed by atoms with Gasteiger partial charge in [-0.3, -0.25) is 0 Å². The van der Waals surface area contributed by atoms with Crippen molar-refractivity contribution in [3.63, 3.8) is 0 Å². The number of hydrogen-bond donors (Lipinski definition) is 1. The Kier molecular flexibility index (Phi) is 3.81. The molecule has 8 nitrogen and oxygen atoms in total. The Labute approximate surface area is 159 Å². The van der Waals surface area contributed by atoms with Crippen molar-refractivity contribution in [3.05, 3.63) is 36.2 Å². The van der Waals surface area contributed by atoms with Crippen LogP contribution in [0, 0.1) is 0 Å². The lowest BCUT2D eigenvalue weighted by Gasteiger charge is -2.29. The third-order valence-corrected chi connectivity index (χ3v) is 7.20. The second-order valence-corrected chi connectivity index (χ2v) is 9.83. The highest BCUT2D eigenvalue weighted by atomic mass is 32.2. The largest absolute Gasteiger partial charge is 0.353 e. The molecule has 3 aromatic heterocycles. The monoisotopic (exact) mass is 402 g/mol. The second-order valence-electron chi connectivity index (χ2n) is 6.89. The van der Waals surface area contributed by atoms with E-state index in [1.165, 1.54) is 21.9 Å². The summed E-state index contributed by atoms with van der Waals surface area (Å²) < 4.78 is 27.1. The molecule has 1 unspecified atom stereocenters. The van der Waals surface area contributed by atoms with Crippen molar-refractivity contribution in [2.45, 2.75) is 18.8 Å². The Bertz CT molecular complexity index is 1210. The highest BCUT2D eigenvalue weighted by Gasteiger charge is 2.30. The molecular weight excluding hydrogens is 384 g/mol. The number of aromatic nitrogens is 5. The summed E-state index contributed by atoms with van der Waals surface area (Å²) in [7, 11) is -3.20. The van der Waals surface area contributed by atoms with Gasteiger partial charge in [0.1, 0.15) is 0 Å². The van der Waals surface area contributed by atoms with Gasteiger partial charge in [-0.25, -0.2) is 12.7 Å². The van der Waals surface area contributed by atoms with Crippen LogP contribution in [0.4, 0.5) is 0 Å². The van der Waals surface area contributed by atoms with E-state index < -0.39 is 10.0 Å². The molecule has 4 heterocycles. The summed E-state index contributed by atoms with van der Waals surface area (Å²) in [6.07, 6.45) is 2.95. The molecule has 0 radical (unpaired) electrons. The van der Waals surface area contributed by atoms with Gasteiger partial charge in [0.05, 0.1) is 11.9 Å². The van der Waals surface area contributed by atoms with Crippen LogP contribution in [0.2, 0.25) is 0 Å². The van der Waals surface area contributed by atoms with Gasteiger partial charge in [0, 0.05) is 29.9 Å². The number of H-pyrrole nitrogens is 1. The minimum atomic E-state index is -3.20. The lowest BCUT2D eigenvalue weighted by Crippen LogP contribution is -2.38. The molecule has 4 aromatic rings. The van der Waals surface area contributed by atoms with Crippen LogP contribution in [0.5, 0.6) is 0 Å². The van der Waals surface area contributed by atoms with Gasteiger partial charge in [-0.2, -0.15) is 9.61 Å². The van der Waals surface area contributed by atoms with E-state index in [1.54, 1.807) is 4.52 Å². The van der Waals surface area contributed by atoms with Crippen molar-refractivity contribution < 1.29 is 8.42 Å². The molecule has 1 aliphatic rings. The van der Waals surface area contributed by atoms with E-state index in [9.17, 15) is 8.42 Å². The normalized spacial score (nSPS) is 19.2. The summed E-state index contributed by atoms with van der Waals surface area (Å²) in [5.41, 5.74) is 2.01. The van der Waals surface area contributed by atoms with E-state index in [0.29, 0.717) is 13.1 Å². The van der Waals surface area contributed by atoms with Crippen LogP contribution in [0.25, 0.3) is 26.6 Å². The third kappa shape index (κ3) is 2.93. The summed E-state index contributed by atoms with van der Waals surface area (Å²) in [6.45, 7) is 0.994. The maximum absolute atomic E-state index is 11.9. The van der Waals surface area contributed by atoms with Gasteiger partial charge in [-0.05, 0) is 25.0 Å². The van der Waals surface area contributed by atoms with Crippen LogP contribution >= 0.6 is 11.3 Å². The molecule has 0 amide bonds. The van der Waals surface area contributed by atoms with Crippen LogP contribution in [-0.4, -0.2) is 56.9 Å². The summed E-state index contributed by atoms with van der Waals surface area (Å²) in [5, 5.41) is 15.3. The first kappa shape index (κ1) is 16.8. The molecule has 1 saturated heterocycles. The molecule has 1 N–H and O–H groups in total. The first-order valence-electron chi connectivity index (χ1n) is 8.74. The summed E-state index contributed by atoms with van der Waals surface area (Å²) in [6, 6.07) is 10.2. The molecule has 10 heteroatoms. The summed E-state index contributed by atoms with van der Waals surface area (Å²) in [5.74, 6) is 0.734. The van der Waals surface area contributed by atoms with E-state index in [0.717, 1.165) is 45.2 Å². The number of nitrogens with one attached hydrogen (secondary N) is 1. The number of benzene rings is 1. The Balaban J connectivity index is 1.52. The van der Waals surface area contributed by atoms with Crippen molar-refractivity contribution >= 4 is 37.2 Å². The number of para-hydroxylation sites is 1. The van der Waals surface area contributed by atoms with Crippen LogP contribution in [-0.2, 0) is 10.0 Å². The molecule has 0 saturated carbocycles. The maximum atomic E-state index is 11.9. The van der Waals surface area contributed by atoms with E-state index >= 15 is 0 Å². The molecule has 1 fully saturated rings. The van der Waals surface area contributed by atoms with Crippen molar-refractivity contribution in [1.82, 2.24) is 29.1 Å². The van der Waals surface area contributed by atoms with E-state index in [4.69, 9.17) is 5.10 Å². The van der Waals surface area contributed by atoms with E-state index in [1.807, 2.05) is 18.2 Å². The quantitative estimate of drug-likeness (QED) is 0.568. The van der Waals surface area contributed by atoms with Crippen molar-refractivity contribution in [1.29, 1.82) is 0 Å². The molecule has 0 bridgehead atoms. The highest BCUT2D eigenvalue weighted by molar-refractivity contribution is 7.88. The maximum Gasteiger partial charge on any atom is 0.235 e. The Morgan fingerprint density at radius 3 is 2.93 bits per heavy atom. The standard InChI is InChI=1S/C17H18N6O2S2/c1-27(24,25)22-8-4-6-12(10-22)15-19-20-17-23(15)21-16(26-17)14-9-11-5-2-3-7-13(11)18-14/h2-3,5,7,9,12,18H,4,6,8,10H2,1H3. The molecule has 1 aliphatic heterocycles. The van der Waals surface area contributed by atoms with Gasteiger partial charge in [-0.15, -0.1) is 10.2 Å². The van der Waals surface area contributed by atoms with E-state index in [-0.39, 0.29) is 5.92 Å². The molecule has 1 atom stereocenters.